The normalized spacial score (nSPS) is 27.1. The third-order valence-electron chi connectivity index (χ3n) is 3.27. The third-order valence-corrected chi connectivity index (χ3v) is 3.27. The molecule has 2 atom stereocenters. The van der Waals surface area contributed by atoms with Crippen LogP contribution in [0.4, 0.5) is 0 Å². The van der Waals surface area contributed by atoms with Crippen molar-refractivity contribution in [1.82, 2.24) is 5.32 Å². The second-order valence-corrected chi connectivity index (χ2v) is 4.35. The summed E-state index contributed by atoms with van der Waals surface area (Å²) in [6.07, 6.45) is 4.41. The number of hydrogen-bond acceptors (Lipinski definition) is 4. The fourth-order valence-corrected chi connectivity index (χ4v) is 1.94. The molecule has 0 spiro atoms. The maximum atomic E-state index is 5.56. The summed E-state index contributed by atoms with van der Waals surface area (Å²) in [6, 6.07) is 2.24. The van der Waals surface area contributed by atoms with Crippen LogP contribution in [0.3, 0.4) is 0 Å². The van der Waals surface area contributed by atoms with Gasteiger partial charge in [-0.2, -0.15) is 0 Å². The zero-order valence-electron chi connectivity index (χ0n) is 9.86. The molecule has 16 heavy (non-hydrogen) atoms. The molecule has 4 nitrogen and oxygen atoms in total. The van der Waals surface area contributed by atoms with Crippen LogP contribution < -0.4 is 5.32 Å². The Hall–Kier alpha value is -0.840. The van der Waals surface area contributed by atoms with Crippen LogP contribution >= 0.6 is 0 Å². The van der Waals surface area contributed by atoms with Gasteiger partial charge in [-0.15, -0.1) is 0 Å². The van der Waals surface area contributed by atoms with Gasteiger partial charge in [0.15, 0.2) is 0 Å². The molecule has 0 bridgehead atoms. The van der Waals surface area contributed by atoms with Gasteiger partial charge in [0.05, 0.1) is 19.1 Å². The molecular weight excluding hydrogens is 206 g/mol. The smallest absolute Gasteiger partial charge is 0.106 e. The Morgan fingerprint density at radius 3 is 3.06 bits per heavy atom. The summed E-state index contributed by atoms with van der Waals surface area (Å²) in [5, 5.41) is 3.45. The molecule has 90 valence electrons. The average molecular weight is 225 g/mol. The Labute approximate surface area is 95.9 Å². The lowest BCUT2D eigenvalue weighted by Gasteiger charge is -2.27. The number of methoxy groups -OCH3 is 1. The van der Waals surface area contributed by atoms with Crippen LogP contribution in [0.1, 0.15) is 24.9 Å². The summed E-state index contributed by atoms with van der Waals surface area (Å²) in [5.41, 5.74) is 1.00. The monoisotopic (exact) mass is 225 g/mol. The first-order valence-corrected chi connectivity index (χ1v) is 5.64. The molecule has 2 heterocycles. The second-order valence-electron chi connectivity index (χ2n) is 4.35. The largest absolute Gasteiger partial charge is 0.472 e. The highest BCUT2D eigenvalue weighted by atomic mass is 16.5. The van der Waals surface area contributed by atoms with E-state index in [2.05, 4.69) is 12.2 Å². The molecule has 2 rings (SSSR count). The summed E-state index contributed by atoms with van der Waals surface area (Å²) >= 11 is 0. The number of nitrogens with one attached hydrogen (secondary N) is 1. The van der Waals surface area contributed by atoms with Crippen molar-refractivity contribution in [3.63, 3.8) is 0 Å². The SMILES string of the molecule is COC1(CNC(C)c2ccoc2)CCOC1. The Balaban J connectivity index is 1.86. The van der Waals surface area contributed by atoms with Crippen molar-refractivity contribution in [3.8, 4) is 0 Å². The van der Waals surface area contributed by atoms with E-state index in [0.29, 0.717) is 6.61 Å². The van der Waals surface area contributed by atoms with Crippen LogP contribution in [-0.2, 0) is 9.47 Å². The van der Waals surface area contributed by atoms with Gasteiger partial charge in [0, 0.05) is 38.3 Å². The molecule has 4 heteroatoms. The first-order chi connectivity index (χ1) is 7.76. The summed E-state index contributed by atoms with van der Waals surface area (Å²) < 4.78 is 16.0. The molecule has 2 unspecified atom stereocenters. The predicted octanol–water partition coefficient (Wildman–Crippen LogP) is 1.74. The molecule has 1 aliphatic heterocycles. The molecule has 1 N–H and O–H groups in total. The number of furan rings is 1. The van der Waals surface area contributed by atoms with Gasteiger partial charge in [-0.05, 0) is 13.0 Å². The van der Waals surface area contributed by atoms with E-state index in [1.54, 1.807) is 19.6 Å². The quantitative estimate of drug-likeness (QED) is 0.829. The maximum absolute atomic E-state index is 5.56. The lowest BCUT2D eigenvalue weighted by atomic mass is 10.0. The number of ether oxygens (including phenoxy) is 2. The van der Waals surface area contributed by atoms with Crippen molar-refractivity contribution in [2.45, 2.75) is 25.0 Å². The first kappa shape index (κ1) is 11.6. The van der Waals surface area contributed by atoms with Gasteiger partial charge in [0.25, 0.3) is 0 Å². The lowest BCUT2D eigenvalue weighted by Crippen LogP contribution is -2.43. The molecule has 1 saturated heterocycles. The maximum Gasteiger partial charge on any atom is 0.106 e. The van der Waals surface area contributed by atoms with Crippen molar-refractivity contribution in [3.05, 3.63) is 24.2 Å². The van der Waals surface area contributed by atoms with Gasteiger partial charge in [0.2, 0.25) is 0 Å². The Morgan fingerprint density at radius 1 is 1.62 bits per heavy atom. The highest BCUT2D eigenvalue weighted by molar-refractivity contribution is 5.10. The molecule has 0 aromatic carbocycles. The summed E-state index contributed by atoms with van der Waals surface area (Å²) in [5.74, 6) is 0. The van der Waals surface area contributed by atoms with Crippen LogP contribution in [0.5, 0.6) is 0 Å². The van der Waals surface area contributed by atoms with E-state index in [0.717, 1.165) is 25.1 Å². The van der Waals surface area contributed by atoms with Crippen molar-refractivity contribution in [2.24, 2.45) is 0 Å². The zero-order valence-corrected chi connectivity index (χ0v) is 9.86. The van der Waals surface area contributed by atoms with Gasteiger partial charge in [-0.3, -0.25) is 0 Å². The van der Waals surface area contributed by atoms with Crippen LogP contribution in [0.15, 0.2) is 23.0 Å². The molecule has 0 amide bonds. The van der Waals surface area contributed by atoms with Crippen LogP contribution in [0.2, 0.25) is 0 Å². The lowest BCUT2D eigenvalue weighted by molar-refractivity contribution is -0.0172. The fraction of sp³-hybridized carbons (Fsp3) is 0.667. The van der Waals surface area contributed by atoms with E-state index in [1.807, 2.05) is 6.07 Å². The molecular formula is C12H19NO3. The highest BCUT2D eigenvalue weighted by Crippen LogP contribution is 2.23. The van der Waals surface area contributed by atoms with Crippen LogP contribution in [0, 0.1) is 0 Å². The van der Waals surface area contributed by atoms with E-state index in [4.69, 9.17) is 13.9 Å². The van der Waals surface area contributed by atoms with Crippen LogP contribution in [0.25, 0.3) is 0 Å². The van der Waals surface area contributed by atoms with E-state index in [-0.39, 0.29) is 11.6 Å². The molecule has 0 saturated carbocycles. The molecule has 1 aromatic rings. The van der Waals surface area contributed by atoms with Crippen molar-refractivity contribution in [1.29, 1.82) is 0 Å². The minimum absolute atomic E-state index is 0.155. The summed E-state index contributed by atoms with van der Waals surface area (Å²) in [4.78, 5) is 0. The topological polar surface area (TPSA) is 43.6 Å². The molecule has 1 aromatic heterocycles. The van der Waals surface area contributed by atoms with Crippen molar-refractivity contribution >= 4 is 0 Å². The number of hydrogen-bond donors (Lipinski definition) is 1. The molecule has 0 aliphatic carbocycles. The number of rotatable bonds is 5. The molecule has 1 fully saturated rings. The predicted molar refractivity (Wildman–Crippen MR) is 60.3 cm³/mol. The van der Waals surface area contributed by atoms with E-state index < -0.39 is 0 Å². The van der Waals surface area contributed by atoms with E-state index >= 15 is 0 Å². The van der Waals surface area contributed by atoms with Gasteiger partial charge < -0.3 is 19.2 Å². The minimum Gasteiger partial charge on any atom is -0.472 e. The second kappa shape index (κ2) is 4.99. The molecule has 0 radical (unpaired) electrons. The molecule has 1 aliphatic rings. The van der Waals surface area contributed by atoms with Gasteiger partial charge in [-0.25, -0.2) is 0 Å². The standard InChI is InChI=1S/C12H19NO3/c1-10(11-3-5-15-7-11)13-8-12(14-2)4-6-16-9-12/h3,5,7,10,13H,4,6,8-9H2,1-2H3. The van der Waals surface area contributed by atoms with E-state index in [9.17, 15) is 0 Å². The fourth-order valence-electron chi connectivity index (χ4n) is 1.94. The Bertz CT molecular complexity index is 304. The van der Waals surface area contributed by atoms with Crippen molar-refractivity contribution in [2.75, 3.05) is 26.9 Å². The Kier molecular flexibility index (Phi) is 3.63. The first-order valence-electron chi connectivity index (χ1n) is 5.64. The average Bonchev–Trinajstić information content (AvgIpc) is 2.98. The Morgan fingerprint density at radius 2 is 2.50 bits per heavy atom. The van der Waals surface area contributed by atoms with Crippen molar-refractivity contribution < 1.29 is 13.9 Å². The third kappa shape index (κ3) is 2.45. The minimum atomic E-state index is -0.155. The van der Waals surface area contributed by atoms with Crippen LogP contribution in [-0.4, -0.2) is 32.5 Å². The van der Waals surface area contributed by atoms with Gasteiger partial charge >= 0.3 is 0 Å². The summed E-state index contributed by atoms with van der Waals surface area (Å²) in [7, 11) is 1.75. The van der Waals surface area contributed by atoms with Gasteiger partial charge in [0.1, 0.15) is 5.60 Å². The highest BCUT2D eigenvalue weighted by Gasteiger charge is 2.34. The zero-order chi connectivity index (χ0) is 11.4. The van der Waals surface area contributed by atoms with E-state index in [1.165, 1.54) is 0 Å². The van der Waals surface area contributed by atoms with Gasteiger partial charge in [-0.1, -0.05) is 0 Å². The summed E-state index contributed by atoms with van der Waals surface area (Å²) in [6.45, 7) is 4.38.